The van der Waals surface area contributed by atoms with Gasteiger partial charge in [-0.15, -0.1) is 0 Å². The van der Waals surface area contributed by atoms with Crippen LogP contribution in [0.2, 0.25) is 5.02 Å². The van der Waals surface area contributed by atoms with Crippen molar-refractivity contribution in [3.63, 3.8) is 0 Å². The van der Waals surface area contributed by atoms with E-state index in [4.69, 9.17) is 11.6 Å². The van der Waals surface area contributed by atoms with Crippen LogP contribution in [0.4, 0.5) is 11.4 Å². The zero-order valence-electron chi connectivity index (χ0n) is 20.2. The number of nitrogens with one attached hydrogen (secondary N) is 2. The minimum absolute atomic E-state index is 0.143. The summed E-state index contributed by atoms with van der Waals surface area (Å²) in [5.74, 6) is -0.143. The number of benzene rings is 4. The zero-order chi connectivity index (χ0) is 24.9. The summed E-state index contributed by atoms with van der Waals surface area (Å²) in [5, 5.41) is 7.07. The van der Waals surface area contributed by atoms with Gasteiger partial charge in [0.05, 0.1) is 17.0 Å². The molecule has 1 heterocycles. The first kappa shape index (κ1) is 23.9. The fraction of sp³-hybridized carbons (Fsp3) is 0.129. The largest absolute Gasteiger partial charge is 0.354 e. The van der Waals surface area contributed by atoms with Gasteiger partial charge < -0.3 is 15.5 Å². The quantitative estimate of drug-likeness (QED) is 0.261. The van der Waals surface area contributed by atoms with Crippen LogP contribution in [0.5, 0.6) is 0 Å². The molecule has 0 saturated heterocycles. The molecule has 1 aliphatic rings. The predicted octanol–water partition coefficient (Wildman–Crippen LogP) is 6.95. The average molecular weight is 494 g/mol. The van der Waals surface area contributed by atoms with Gasteiger partial charge in [0, 0.05) is 29.4 Å². The van der Waals surface area contributed by atoms with Crippen molar-refractivity contribution in [2.75, 3.05) is 24.2 Å². The van der Waals surface area contributed by atoms with Gasteiger partial charge >= 0.3 is 0 Å². The number of carbonyl (C=O) groups excluding carboxylic acids is 1. The van der Waals surface area contributed by atoms with Crippen molar-refractivity contribution >= 4 is 40.2 Å². The number of hydrogen-bond acceptors (Lipinski definition) is 3. The second kappa shape index (κ2) is 10.8. The smallest absolute Gasteiger partial charge is 0.258 e. The van der Waals surface area contributed by atoms with Gasteiger partial charge in [-0.3, -0.25) is 4.79 Å². The van der Waals surface area contributed by atoms with Crippen molar-refractivity contribution in [3.8, 4) is 0 Å². The van der Waals surface area contributed by atoms with Gasteiger partial charge in [0.25, 0.3) is 5.91 Å². The first-order chi connectivity index (χ1) is 17.6. The van der Waals surface area contributed by atoms with Crippen LogP contribution in [0.1, 0.15) is 22.3 Å². The van der Waals surface area contributed by atoms with Crippen LogP contribution in [-0.2, 0) is 17.8 Å². The Labute approximate surface area is 217 Å². The molecular weight excluding hydrogens is 466 g/mol. The molecule has 4 aromatic carbocycles. The number of hydrogen-bond donors (Lipinski definition) is 2. The van der Waals surface area contributed by atoms with Crippen LogP contribution in [0, 0.1) is 0 Å². The summed E-state index contributed by atoms with van der Waals surface area (Å²) in [4.78, 5) is 15.4. The Hall–Kier alpha value is -3.86. The van der Waals surface area contributed by atoms with Crippen LogP contribution in [0.25, 0.3) is 11.3 Å². The van der Waals surface area contributed by atoms with E-state index in [2.05, 4.69) is 77.2 Å². The van der Waals surface area contributed by atoms with Crippen LogP contribution in [0.3, 0.4) is 0 Å². The third kappa shape index (κ3) is 5.51. The summed E-state index contributed by atoms with van der Waals surface area (Å²) >= 11 is 6.16. The molecule has 2 N–H and O–H groups in total. The Balaban J connectivity index is 1.35. The van der Waals surface area contributed by atoms with Gasteiger partial charge in [-0.05, 0) is 54.4 Å². The molecule has 0 bridgehead atoms. The number of halogens is 1. The highest BCUT2D eigenvalue weighted by atomic mass is 35.5. The van der Waals surface area contributed by atoms with E-state index < -0.39 is 0 Å². The van der Waals surface area contributed by atoms with E-state index in [1.165, 1.54) is 11.1 Å². The molecule has 0 aliphatic carbocycles. The van der Waals surface area contributed by atoms with Gasteiger partial charge in [-0.25, -0.2) is 0 Å². The third-order valence-electron chi connectivity index (χ3n) is 6.34. The van der Waals surface area contributed by atoms with E-state index in [1.54, 1.807) is 6.07 Å². The van der Waals surface area contributed by atoms with E-state index >= 15 is 0 Å². The number of anilines is 2. The van der Waals surface area contributed by atoms with E-state index in [-0.39, 0.29) is 5.91 Å². The van der Waals surface area contributed by atoms with Gasteiger partial charge in [0.2, 0.25) is 0 Å². The Morgan fingerprint density at radius 2 is 1.56 bits per heavy atom. The van der Waals surface area contributed by atoms with Crippen molar-refractivity contribution in [1.29, 1.82) is 0 Å². The second-order valence-electron chi connectivity index (χ2n) is 9.06. The maximum Gasteiger partial charge on any atom is 0.258 e. The molecule has 5 heteroatoms. The molecule has 0 atom stereocenters. The molecule has 180 valence electrons. The maximum absolute atomic E-state index is 13.0. The number of nitrogens with zero attached hydrogens (tertiary/aromatic N) is 1. The van der Waals surface area contributed by atoms with Gasteiger partial charge in [0.1, 0.15) is 0 Å². The van der Waals surface area contributed by atoms with Crippen LogP contribution >= 0.6 is 11.6 Å². The fourth-order valence-corrected chi connectivity index (χ4v) is 4.64. The SMILES string of the molecule is CN(CCc1ccccc1)Cc1ccc(N/C(=C2\C(=O)Nc3cc(Cl)ccc32)c2ccccc2)cc1. The molecule has 4 aromatic rings. The third-order valence-corrected chi connectivity index (χ3v) is 6.57. The molecular formula is C31H28ClN3O. The topological polar surface area (TPSA) is 44.4 Å². The number of fused-ring (bicyclic) bond motifs is 1. The van der Waals surface area contributed by atoms with Gasteiger partial charge in [-0.1, -0.05) is 90.5 Å². The highest BCUT2D eigenvalue weighted by molar-refractivity contribution is 6.38. The van der Waals surface area contributed by atoms with Crippen LogP contribution in [-0.4, -0.2) is 24.4 Å². The molecule has 0 aromatic heterocycles. The summed E-state index contributed by atoms with van der Waals surface area (Å²) < 4.78 is 0. The van der Waals surface area contributed by atoms with Gasteiger partial charge in [-0.2, -0.15) is 0 Å². The predicted molar refractivity (Wildman–Crippen MR) is 150 cm³/mol. The Kier molecular flexibility index (Phi) is 7.17. The zero-order valence-corrected chi connectivity index (χ0v) is 20.9. The Morgan fingerprint density at radius 1 is 0.861 bits per heavy atom. The fourth-order valence-electron chi connectivity index (χ4n) is 4.47. The molecule has 36 heavy (non-hydrogen) atoms. The summed E-state index contributed by atoms with van der Waals surface area (Å²) in [6, 6.07) is 34.4. The van der Waals surface area contributed by atoms with Crippen molar-refractivity contribution in [1.82, 2.24) is 4.90 Å². The number of carbonyl (C=O) groups is 1. The molecule has 0 spiro atoms. The highest BCUT2D eigenvalue weighted by Gasteiger charge is 2.28. The van der Waals surface area contributed by atoms with Crippen LogP contribution < -0.4 is 10.6 Å². The summed E-state index contributed by atoms with van der Waals surface area (Å²) in [6.45, 7) is 1.86. The van der Waals surface area contributed by atoms with E-state index in [9.17, 15) is 4.79 Å². The van der Waals surface area contributed by atoms with Crippen molar-refractivity contribution < 1.29 is 4.79 Å². The second-order valence-corrected chi connectivity index (χ2v) is 9.49. The number of likely N-dealkylation sites (N-methyl/N-ethyl adjacent to an activating group) is 1. The first-order valence-electron chi connectivity index (χ1n) is 12.1. The van der Waals surface area contributed by atoms with Crippen molar-refractivity contribution in [2.45, 2.75) is 13.0 Å². The van der Waals surface area contributed by atoms with Crippen LogP contribution in [0.15, 0.2) is 103 Å². The Bertz CT molecular complexity index is 1380. The molecule has 4 nitrogen and oxygen atoms in total. The minimum Gasteiger partial charge on any atom is -0.354 e. The summed E-state index contributed by atoms with van der Waals surface area (Å²) in [5.41, 5.74) is 7.40. The minimum atomic E-state index is -0.143. The van der Waals surface area contributed by atoms with Gasteiger partial charge in [0.15, 0.2) is 0 Å². The van der Waals surface area contributed by atoms with E-state index in [0.29, 0.717) is 10.6 Å². The van der Waals surface area contributed by atoms with E-state index in [1.807, 2.05) is 42.5 Å². The molecule has 0 fully saturated rings. The molecule has 1 amide bonds. The highest BCUT2D eigenvalue weighted by Crippen LogP contribution is 2.38. The van der Waals surface area contributed by atoms with Crippen molar-refractivity contribution in [3.05, 3.63) is 130 Å². The summed E-state index contributed by atoms with van der Waals surface area (Å²) in [7, 11) is 2.15. The maximum atomic E-state index is 13.0. The molecule has 5 rings (SSSR count). The standard InChI is InChI=1S/C31H28ClN3O/c1-35(19-18-22-8-4-2-5-9-22)21-23-12-15-26(16-13-23)33-30(24-10-6-3-7-11-24)29-27-17-14-25(32)20-28(27)34-31(29)36/h2-17,20,33H,18-19,21H2,1H3,(H,34,36)/b30-29-. The lowest BCUT2D eigenvalue weighted by Gasteiger charge is -2.18. The Morgan fingerprint density at radius 3 is 2.28 bits per heavy atom. The number of rotatable bonds is 8. The molecule has 1 aliphatic heterocycles. The summed E-state index contributed by atoms with van der Waals surface area (Å²) in [6.07, 6.45) is 1.03. The molecule has 0 radical (unpaired) electrons. The molecule has 0 saturated carbocycles. The number of amides is 1. The average Bonchev–Trinajstić information content (AvgIpc) is 3.22. The normalized spacial score (nSPS) is 13.9. The molecule has 0 unspecified atom stereocenters. The first-order valence-corrected chi connectivity index (χ1v) is 12.4. The monoisotopic (exact) mass is 493 g/mol. The van der Waals surface area contributed by atoms with Crippen molar-refractivity contribution in [2.24, 2.45) is 0 Å². The lowest BCUT2D eigenvalue weighted by atomic mass is 10.00. The lowest BCUT2D eigenvalue weighted by Crippen LogP contribution is -2.20. The lowest BCUT2D eigenvalue weighted by molar-refractivity contribution is -0.110. The van der Waals surface area contributed by atoms with E-state index in [0.717, 1.165) is 47.7 Å².